The van der Waals surface area contributed by atoms with Gasteiger partial charge in [-0.2, -0.15) is 0 Å². The van der Waals surface area contributed by atoms with Crippen LogP contribution in [0.25, 0.3) is 0 Å². The summed E-state index contributed by atoms with van der Waals surface area (Å²) in [4.78, 5) is 0. The Morgan fingerprint density at radius 2 is 1.90 bits per heavy atom. The highest BCUT2D eigenvalue weighted by atomic mass is 32.7. The van der Waals surface area contributed by atoms with Crippen LogP contribution in [0.15, 0.2) is 24.3 Å². The molecule has 0 amide bonds. The maximum Gasteiger partial charge on any atom is 0.118 e. The average molecular weight is 171 g/mol. The second-order valence-corrected chi connectivity index (χ2v) is 3.22. The van der Waals surface area contributed by atoms with E-state index in [4.69, 9.17) is 17.0 Å². The molecule has 0 heterocycles. The minimum absolute atomic E-state index is 0.456. The van der Waals surface area contributed by atoms with E-state index in [1.807, 2.05) is 24.3 Å². The first-order valence-corrected chi connectivity index (χ1v) is 5.02. The Kier molecular flexibility index (Phi) is 3.04. The van der Waals surface area contributed by atoms with E-state index in [1.165, 1.54) is 5.30 Å². The Balaban J connectivity index is 2.80. The zero-order chi connectivity index (χ0) is 7.40. The van der Waals surface area contributed by atoms with Gasteiger partial charge in [0.15, 0.2) is 0 Å². The summed E-state index contributed by atoms with van der Waals surface area (Å²) in [5, 5.41) is 1.19. The molecule has 0 fully saturated rings. The summed E-state index contributed by atoms with van der Waals surface area (Å²) in [6, 6.07) is 7.83. The first-order valence-electron chi connectivity index (χ1n) is 2.89. The van der Waals surface area contributed by atoms with Crippen molar-refractivity contribution >= 4 is 25.3 Å². The molecule has 0 aliphatic heterocycles. The summed E-state index contributed by atoms with van der Waals surface area (Å²) in [5.41, 5.74) is 0. The third-order valence-corrected chi connectivity index (χ3v) is 2.48. The number of methoxy groups -OCH3 is 1. The van der Waals surface area contributed by atoms with E-state index in [0.29, 0.717) is 7.78 Å². The maximum absolute atomic E-state index is 4.98. The topological polar surface area (TPSA) is 9.23 Å². The van der Waals surface area contributed by atoms with Crippen LogP contribution in [-0.2, 0) is 12.2 Å². The average Bonchev–Trinajstić information content (AvgIpc) is 2.05. The number of hydrogen-bond acceptors (Lipinski definition) is 2. The summed E-state index contributed by atoms with van der Waals surface area (Å²) >= 11 is 4.88. The van der Waals surface area contributed by atoms with Gasteiger partial charge < -0.3 is 17.0 Å². The van der Waals surface area contributed by atoms with Gasteiger partial charge in [0.25, 0.3) is 0 Å². The summed E-state index contributed by atoms with van der Waals surface area (Å²) in [6.07, 6.45) is 0. The quantitative estimate of drug-likeness (QED) is 0.492. The van der Waals surface area contributed by atoms with Crippen LogP contribution in [0, 0.1) is 0 Å². The first-order chi connectivity index (χ1) is 4.86. The van der Waals surface area contributed by atoms with Crippen LogP contribution in [-0.4, -0.2) is 7.11 Å². The van der Waals surface area contributed by atoms with E-state index in [-0.39, 0.29) is 0 Å². The molecular weight excluding hydrogens is 163 g/mol. The van der Waals surface area contributed by atoms with Crippen LogP contribution < -0.4 is 10.0 Å². The van der Waals surface area contributed by atoms with E-state index < -0.39 is 0 Å². The van der Waals surface area contributed by atoms with Crippen molar-refractivity contribution in [3.8, 4) is 5.75 Å². The van der Waals surface area contributed by atoms with Gasteiger partial charge in [-0.05, 0) is 12.1 Å². The van der Waals surface area contributed by atoms with Crippen LogP contribution >= 0.6 is 7.78 Å². The predicted octanol–water partition coefficient (Wildman–Crippen LogP) is 1.46. The molecule has 1 rings (SSSR count). The third-order valence-electron chi connectivity index (χ3n) is 1.21. The highest BCUT2D eigenvalue weighted by Gasteiger charge is 1.86. The molecular formula is C7H8OPS-. The summed E-state index contributed by atoms with van der Waals surface area (Å²) in [6.45, 7) is 0. The van der Waals surface area contributed by atoms with Crippen molar-refractivity contribution in [2.75, 3.05) is 7.11 Å². The van der Waals surface area contributed by atoms with E-state index in [2.05, 4.69) is 0 Å². The van der Waals surface area contributed by atoms with Crippen LogP contribution in [0.2, 0.25) is 0 Å². The van der Waals surface area contributed by atoms with Gasteiger partial charge in [0.1, 0.15) is 5.75 Å². The van der Waals surface area contributed by atoms with Crippen molar-refractivity contribution in [2.45, 2.75) is 0 Å². The third kappa shape index (κ3) is 1.89. The second kappa shape index (κ2) is 3.85. The molecule has 1 aromatic rings. The Bertz CT molecular complexity index is 174. The lowest BCUT2D eigenvalue weighted by molar-refractivity contribution is 0.415. The number of ether oxygens (including phenoxy) is 1. The SMILES string of the molecule is COc1ccc(P[S-])cc1. The molecule has 54 valence electrons. The maximum atomic E-state index is 4.98. The minimum Gasteiger partial charge on any atom is -0.757 e. The normalized spacial score (nSPS) is 10.6. The van der Waals surface area contributed by atoms with Gasteiger partial charge >= 0.3 is 0 Å². The predicted molar refractivity (Wildman–Crippen MR) is 48.3 cm³/mol. The van der Waals surface area contributed by atoms with E-state index >= 15 is 0 Å². The molecule has 0 aliphatic carbocycles. The second-order valence-electron chi connectivity index (χ2n) is 1.83. The Labute approximate surface area is 67.7 Å². The van der Waals surface area contributed by atoms with Gasteiger partial charge in [0.05, 0.1) is 7.11 Å². The Morgan fingerprint density at radius 3 is 2.30 bits per heavy atom. The molecule has 0 N–H and O–H groups in total. The highest BCUT2D eigenvalue weighted by molar-refractivity contribution is 8.27. The molecule has 1 atom stereocenters. The smallest absolute Gasteiger partial charge is 0.118 e. The van der Waals surface area contributed by atoms with E-state index in [1.54, 1.807) is 7.11 Å². The summed E-state index contributed by atoms with van der Waals surface area (Å²) in [5.74, 6) is 0.886. The Morgan fingerprint density at radius 1 is 1.30 bits per heavy atom. The molecule has 0 radical (unpaired) electrons. The fraction of sp³-hybridized carbons (Fsp3) is 0.143. The van der Waals surface area contributed by atoms with E-state index in [9.17, 15) is 0 Å². The van der Waals surface area contributed by atoms with E-state index in [0.717, 1.165) is 5.75 Å². The molecule has 3 heteroatoms. The lowest BCUT2D eigenvalue weighted by Crippen LogP contribution is -1.91. The van der Waals surface area contributed by atoms with Crippen molar-refractivity contribution in [2.24, 2.45) is 0 Å². The molecule has 1 aromatic carbocycles. The van der Waals surface area contributed by atoms with Gasteiger partial charge in [-0.1, -0.05) is 17.4 Å². The van der Waals surface area contributed by atoms with Gasteiger partial charge in [-0.15, -0.1) is 0 Å². The van der Waals surface area contributed by atoms with Crippen LogP contribution in [0.3, 0.4) is 0 Å². The monoisotopic (exact) mass is 171 g/mol. The lowest BCUT2D eigenvalue weighted by atomic mass is 10.3. The summed E-state index contributed by atoms with van der Waals surface area (Å²) < 4.78 is 4.98. The fourth-order valence-corrected chi connectivity index (χ4v) is 1.37. The molecule has 0 saturated carbocycles. The number of benzene rings is 1. The molecule has 0 aromatic heterocycles. The zero-order valence-corrected chi connectivity index (χ0v) is 7.44. The molecule has 0 spiro atoms. The molecule has 1 nitrogen and oxygen atoms in total. The molecule has 0 bridgehead atoms. The standard InChI is InChI=1S/C7H8OPS/c1-8-6-2-4-7(9-10)5-3-6/h2-5,9H,1H3/q-1. The molecule has 0 saturated heterocycles. The van der Waals surface area contributed by atoms with Crippen LogP contribution in [0.5, 0.6) is 5.75 Å². The highest BCUT2D eigenvalue weighted by Crippen LogP contribution is 2.11. The molecule has 1 unspecified atom stereocenters. The van der Waals surface area contributed by atoms with Crippen molar-refractivity contribution < 1.29 is 4.74 Å². The molecule has 0 aliphatic rings. The van der Waals surface area contributed by atoms with Crippen molar-refractivity contribution in [1.29, 1.82) is 0 Å². The minimum atomic E-state index is 0.456. The van der Waals surface area contributed by atoms with Crippen molar-refractivity contribution in [3.63, 3.8) is 0 Å². The summed E-state index contributed by atoms with van der Waals surface area (Å²) in [7, 11) is 2.11. The van der Waals surface area contributed by atoms with Gasteiger partial charge in [-0.25, -0.2) is 7.78 Å². The molecule has 10 heavy (non-hydrogen) atoms. The number of rotatable bonds is 2. The fourth-order valence-electron chi connectivity index (χ4n) is 0.659. The van der Waals surface area contributed by atoms with Crippen LogP contribution in [0.1, 0.15) is 0 Å². The van der Waals surface area contributed by atoms with Gasteiger partial charge in [0, 0.05) is 0 Å². The number of hydrogen-bond donors (Lipinski definition) is 0. The van der Waals surface area contributed by atoms with Gasteiger partial charge in [-0.3, -0.25) is 0 Å². The lowest BCUT2D eigenvalue weighted by Gasteiger charge is -2.05. The Hall–Kier alpha value is -0.200. The van der Waals surface area contributed by atoms with Crippen molar-refractivity contribution in [3.05, 3.63) is 24.3 Å². The van der Waals surface area contributed by atoms with Crippen LogP contribution in [0.4, 0.5) is 0 Å². The zero-order valence-electron chi connectivity index (χ0n) is 5.63. The largest absolute Gasteiger partial charge is 0.757 e. The first kappa shape index (κ1) is 7.90. The van der Waals surface area contributed by atoms with Gasteiger partial charge in [0.2, 0.25) is 0 Å². The van der Waals surface area contributed by atoms with Crippen molar-refractivity contribution in [1.82, 2.24) is 0 Å².